The van der Waals surface area contributed by atoms with Crippen LogP contribution >= 0.6 is 15.9 Å². The van der Waals surface area contributed by atoms with E-state index in [9.17, 15) is 4.79 Å². The Morgan fingerprint density at radius 2 is 2.29 bits per heavy atom. The molecule has 1 amide bonds. The highest BCUT2D eigenvalue weighted by Crippen LogP contribution is 2.27. The molecular weight excluding hydrogens is 248 g/mol. The second-order valence-corrected chi connectivity index (χ2v) is 3.68. The summed E-state index contributed by atoms with van der Waals surface area (Å²) in [5, 5.41) is 11.9. The second-order valence-electron chi connectivity index (χ2n) is 2.83. The number of aromatic nitrogens is 1. The Labute approximate surface area is 88.1 Å². The molecule has 0 unspecified atom stereocenters. The van der Waals surface area contributed by atoms with Gasteiger partial charge in [0.05, 0.1) is 0 Å². The summed E-state index contributed by atoms with van der Waals surface area (Å²) in [5.74, 6) is 0. The van der Waals surface area contributed by atoms with Crippen molar-refractivity contribution < 1.29 is 9.90 Å². The smallest absolute Gasteiger partial charge is 0.409 e. The van der Waals surface area contributed by atoms with E-state index in [1.54, 1.807) is 18.3 Å². The van der Waals surface area contributed by atoms with Gasteiger partial charge in [0, 0.05) is 27.3 Å². The van der Waals surface area contributed by atoms with Gasteiger partial charge in [-0.2, -0.15) is 0 Å². The van der Waals surface area contributed by atoms with Crippen molar-refractivity contribution in [2.45, 2.75) is 0 Å². The van der Waals surface area contributed by atoms with Crippen LogP contribution in [0.4, 0.5) is 10.5 Å². The van der Waals surface area contributed by atoms with E-state index in [1.807, 2.05) is 6.07 Å². The highest BCUT2D eigenvalue weighted by Gasteiger charge is 2.04. The lowest BCUT2D eigenvalue weighted by Crippen LogP contribution is -2.06. The van der Waals surface area contributed by atoms with Crippen molar-refractivity contribution in [3.05, 3.63) is 28.9 Å². The van der Waals surface area contributed by atoms with Crippen LogP contribution in [0, 0.1) is 0 Å². The van der Waals surface area contributed by atoms with E-state index in [1.165, 1.54) is 0 Å². The molecule has 1 aromatic carbocycles. The summed E-state index contributed by atoms with van der Waals surface area (Å²) in [6.07, 6.45) is 0.739. The predicted octanol–water partition coefficient (Wildman–Crippen LogP) is 3.02. The van der Waals surface area contributed by atoms with E-state index in [2.05, 4.69) is 26.2 Å². The minimum Gasteiger partial charge on any atom is -0.465 e. The largest absolute Gasteiger partial charge is 0.465 e. The van der Waals surface area contributed by atoms with Crippen LogP contribution in [0.25, 0.3) is 10.9 Å². The highest BCUT2D eigenvalue weighted by atomic mass is 79.9. The van der Waals surface area contributed by atoms with Gasteiger partial charge in [-0.25, -0.2) is 4.79 Å². The van der Waals surface area contributed by atoms with E-state index in [4.69, 9.17) is 5.11 Å². The van der Waals surface area contributed by atoms with Gasteiger partial charge in [0.1, 0.15) is 0 Å². The van der Waals surface area contributed by atoms with Crippen LogP contribution in [0.1, 0.15) is 0 Å². The molecule has 1 aromatic heterocycles. The van der Waals surface area contributed by atoms with Crippen LogP contribution in [0.3, 0.4) is 0 Å². The number of carboxylic acid groups (broad SMARTS) is 1. The first-order valence-corrected chi connectivity index (χ1v) is 4.73. The molecule has 0 fully saturated rings. The first-order chi connectivity index (χ1) is 6.66. The Hall–Kier alpha value is -1.49. The molecule has 0 spiro atoms. The molecule has 2 aromatic rings. The molecule has 0 aliphatic carbocycles. The number of H-pyrrole nitrogens is 1. The maximum Gasteiger partial charge on any atom is 0.409 e. The number of amides is 1. The molecule has 1 heterocycles. The Balaban J connectivity index is 2.53. The third-order valence-electron chi connectivity index (χ3n) is 1.87. The zero-order valence-electron chi connectivity index (χ0n) is 7.04. The van der Waals surface area contributed by atoms with Gasteiger partial charge in [0.25, 0.3) is 0 Å². The number of anilines is 1. The first-order valence-electron chi connectivity index (χ1n) is 3.93. The third-order valence-corrected chi connectivity index (χ3v) is 2.53. The molecule has 5 heteroatoms. The molecule has 2 rings (SSSR count). The van der Waals surface area contributed by atoms with Crippen LogP contribution in [-0.2, 0) is 0 Å². The standard InChI is InChI=1S/C9H7BrN2O2/c10-7-3-5(12-9(13)14)4-8-6(7)1-2-11-8/h1-4,11-12H,(H,13,14). The average Bonchev–Trinajstić information content (AvgIpc) is 2.50. The summed E-state index contributed by atoms with van der Waals surface area (Å²) in [4.78, 5) is 13.4. The maximum atomic E-state index is 10.4. The molecule has 0 saturated heterocycles. The molecule has 0 radical (unpaired) electrons. The van der Waals surface area contributed by atoms with Crippen molar-refractivity contribution in [2.24, 2.45) is 0 Å². The summed E-state index contributed by atoms with van der Waals surface area (Å²) in [6.45, 7) is 0. The van der Waals surface area contributed by atoms with E-state index in [0.717, 1.165) is 15.4 Å². The van der Waals surface area contributed by atoms with Crippen molar-refractivity contribution in [1.82, 2.24) is 4.98 Å². The number of carbonyl (C=O) groups is 1. The number of aromatic amines is 1. The number of nitrogens with one attached hydrogen (secondary N) is 2. The number of fused-ring (bicyclic) bond motifs is 1. The van der Waals surface area contributed by atoms with Crippen molar-refractivity contribution in [2.75, 3.05) is 5.32 Å². The maximum absolute atomic E-state index is 10.4. The number of hydrogen-bond donors (Lipinski definition) is 3. The zero-order valence-corrected chi connectivity index (χ0v) is 8.63. The fraction of sp³-hybridized carbons (Fsp3) is 0. The molecule has 0 atom stereocenters. The molecule has 72 valence electrons. The van der Waals surface area contributed by atoms with Crippen molar-refractivity contribution in [3.63, 3.8) is 0 Å². The lowest BCUT2D eigenvalue weighted by Gasteiger charge is -2.02. The minimum absolute atomic E-state index is 0.541. The third kappa shape index (κ3) is 1.58. The molecule has 4 nitrogen and oxygen atoms in total. The molecule has 14 heavy (non-hydrogen) atoms. The van der Waals surface area contributed by atoms with E-state index in [-0.39, 0.29) is 0 Å². The van der Waals surface area contributed by atoms with E-state index < -0.39 is 6.09 Å². The van der Waals surface area contributed by atoms with Crippen molar-refractivity contribution in [1.29, 1.82) is 0 Å². The normalized spacial score (nSPS) is 10.4. The van der Waals surface area contributed by atoms with Gasteiger partial charge in [-0.1, -0.05) is 15.9 Å². The summed E-state index contributed by atoms with van der Waals surface area (Å²) in [5.41, 5.74) is 1.43. The van der Waals surface area contributed by atoms with Crippen LogP contribution in [0.15, 0.2) is 28.9 Å². The lowest BCUT2D eigenvalue weighted by molar-refractivity contribution is 0.210. The molecule has 0 aliphatic rings. The molecule has 0 bridgehead atoms. The van der Waals surface area contributed by atoms with Gasteiger partial charge in [-0.3, -0.25) is 5.32 Å². The highest BCUT2D eigenvalue weighted by molar-refractivity contribution is 9.10. The van der Waals surface area contributed by atoms with Gasteiger partial charge >= 0.3 is 6.09 Å². The predicted molar refractivity (Wildman–Crippen MR) is 57.6 cm³/mol. The topological polar surface area (TPSA) is 65.1 Å². The van der Waals surface area contributed by atoms with Crippen LogP contribution < -0.4 is 5.32 Å². The van der Waals surface area contributed by atoms with Gasteiger partial charge in [0.2, 0.25) is 0 Å². The average molecular weight is 255 g/mol. The molecule has 0 saturated carbocycles. The van der Waals surface area contributed by atoms with Crippen LogP contribution in [0.5, 0.6) is 0 Å². The number of hydrogen-bond acceptors (Lipinski definition) is 1. The number of halogens is 1. The van der Waals surface area contributed by atoms with Crippen molar-refractivity contribution in [3.8, 4) is 0 Å². The fourth-order valence-electron chi connectivity index (χ4n) is 1.32. The number of benzene rings is 1. The summed E-state index contributed by atoms with van der Waals surface area (Å²) >= 11 is 3.36. The summed E-state index contributed by atoms with van der Waals surface area (Å²) in [7, 11) is 0. The van der Waals surface area contributed by atoms with Gasteiger partial charge < -0.3 is 10.1 Å². The van der Waals surface area contributed by atoms with E-state index in [0.29, 0.717) is 5.69 Å². The van der Waals surface area contributed by atoms with Crippen molar-refractivity contribution >= 4 is 38.6 Å². The number of rotatable bonds is 1. The first kappa shape index (κ1) is 9.08. The Morgan fingerprint density at radius 3 is 3.00 bits per heavy atom. The Bertz CT molecular complexity index is 493. The molecular formula is C9H7BrN2O2. The van der Waals surface area contributed by atoms with E-state index >= 15 is 0 Å². The fourth-order valence-corrected chi connectivity index (χ4v) is 1.91. The second kappa shape index (κ2) is 3.34. The van der Waals surface area contributed by atoms with Crippen LogP contribution in [0.2, 0.25) is 0 Å². The SMILES string of the molecule is O=C(O)Nc1cc(Br)c2cc[nH]c2c1. The quantitative estimate of drug-likeness (QED) is 0.733. The van der Waals surface area contributed by atoms with Gasteiger partial charge in [-0.05, 0) is 18.2 Å². The molecule has 3 N–H and O–H groups in total. The van der Waals surface area contributed by atoms with Crippen LogP contribution in [-0.4, -0.2) is 16.2 Å². The van der Waals surface area contributed by atoms with Gasteiger partial charge in [-0.15, -0.1) is 0 Å². The monoisotopic (exact) mass is 254 g/mol. The molecule has 0 aliphatic heterocycles. The lowest BCUT2D eigenvalue weighted by atomic mass is 10.2. The minimum atomic E-state index is -1.07. The zero-order chi connectivity index (χ0) is 10.1. The summed E-state index contributed by atoms with van der Waals surface area (Å²) in [6, 6.07) is 5.39. The Morgan fingerprint density at radius 1 is 1.50 bits per heavy atom. The summed E-state index contributed by atoms with van der Waals surface area (Å²) < 4.78 is 0.861. The van der Waals surface area contributed by atoms with Gasteiger partial charge in [0.15, 0.2) is 0 Å². The Kier molecular flexibility index (Phi) is 2.17.